The Morgan fingerprint density at radius 2 is 1.53 bits per heavy atom. The molecule has 96 valence electrons. The number of hydrogen-bond acceptors (Lipinski definition) is 2. The first-order valence-electron chi connectivity index (χ1n) is 6.46. The molecule has 2 heteroatoms. The van der Waals surface area contributed by atoms with Crippen molar-refractivity contribution in [2.75, 3.05) is 12.4 Å². The molecule has 0 heterocycles. The van der Waals surface area contributed by atoms with Crippen molar-refractivity contribution in [2.45, 2.75) is 46.5 Å². The third-order valence-corrected chi connectivity index (χ3v) is 3.22. The lowest BCUT2D eigenvalue weighted by Gasteiger charge is -2.13. The van der Waals surface area contributed by atoms with Gasteiger partial charge in [0.1, 0.15) is 5.75 Å². The molecule has 1 rings (SSSR count). The Bertz CT molecular complexity index is 324. The molecule has 1 aromatic rings. The second-order valence-electron chi connectivity index (χ2n) is 4.71. The fourth-order valence-corrected chi connectivity index (χ4v) is 2.36. The maximum Gasteiger partial charge on any atom is 0.125 e. The van der Waals surface area contributed by atoms with Crippen LogP contribution >= 0.6 is 12.6 Å². The molecule has 0 aliphatic heterocycles. The average Bonchev–Trinajstić information content (AvgIpc) is 2.26. The Balaban J connectivity index is 2.36. The summed E-state index contributed by atoms with van der Waals surface area (Å²) in [4.78, 5) is 0. The average molecular weight is 252 g/mol. The van der Waals surface area contributed by atoms with Crippen molar-refractivity contribution < 1.29 is 4.74 Å². The molecule has 1 aromatic carbocycles. The second kappa shape index (κ2) is 7.65. The Kier molecular flexibility index (Phi) is 6.49. The first-order chi connectivity index (χ1) is 8.15. The molecule has 0 saturated heterocycles. The molecule has 0 unspecified atom stereocenters. The molecule has 0 N–H and O–H groups in total. The van der Waals surface area contributed by atoms with Gasteiger partial charge in [-0.1, -0.05) is 30.5 Å². The van der Waals surface area contributed by atoms with E-state index in [4.69, 9.17) is 4.74 Å². The van der Waals surface area contributed by atoms with Crippen molar-refractivity contribution in [1.82, 2.24) is 0 Å². The van der Waals surface area contributed by atoms with Crippen LogP contribution in [0.15, 0.2) is 12.1 Å². The van der Waals surface area contributed by atoms with Crippen molar-refractivity contribution in [3.63, 3.8) is 0 Å². The van der Waals surface area contributed by atoms with Crippen LogP contribution in [0.25, 0.3) is 0 Å². The molecule has 0 radical (unpaired) electrons. The fraction of sp³-hybridized carbons (Fsp3) is 0.600. The van der Waals surface area contributed by atoms with Crippen LogP contribution in [0.5, 0.6) is 5.75 Å². The summed E-state index contributed by atoms with van der Waals surface area (Å²) in [6, 6.07) is 4.37. The van der Waals surface area contributed by atoms with E-state index in [2.05, 4.69) is 45.5 Å². The van der Waals surface area contributed by atoms with E-state index in [0.29, 0.717) is 0 Å². The number of unbranched alkanes of at least 4 members (excludes halogenated alkanes) is 3. The Morgan fingerprint density at radius 1 is 0.941 bits per heavy atom. The molecule has 0 amide bonds. The van der Waals surface area contributed by atoms with Crippen LogP contribution < -0.4 is 4.74 Å². The zero-order chi connectivity index (χ0) is 12.7. The summed E-state index contributed by atoms with van der Waals surface area (Å²) in [5, 5.41) is 0. The minimum atomic E-state index is 0.831. The number of thiol groups is 1. The lowest BCUT2D eigenvalue weighted by molar-refractivity contribution is 0.301. The van der Waals surface area contributed by atoms with Gasteiger partial charge in [0.2, 0.25) is 0 Å². The van der Waals surface area contributed by atoms with Crippen LogP contribution in [0.2, 0.25) is 0 Å². The quantitative estimate of drug-likeness (QED) is 0.556. The normalized spacial score (nSPS) is 10.6. The first-order valence-corrected chi connectivity index (χ1v) is 7.10. The lowest BCUT2D eigenvalue weighted by atomic mass is 10.1. The van der Waals surface area contributed by atoms with E-state index >= 15 is 0 Å². The van der Waals surface area contributed by atoms with E-state index in [9.17, 15) is 0 Å². The monoisotopic (exact) mass is 252 g/mol. The van der Waals surface area contributed by atoms with Gasteiger partial charge in [-0.2, -0.15) is 12.6 Å². The summed E-state index contributed by atoms with van der Waals surface area (Å²) in [6.45, 7) is 7.20. The smallest absolute Gasteiger partial charge is 0.125 e. The fourth-order valence-electron chi connectivity index (χ4n) is 2.14. The Labute approximate surface area is 111 Å². The van der Waals surface area contributed by atoms with Gasteiger partial charge in [-0.05, 0) is 50.5 Å². The third kappa shape index (κ3) is 5.03. The molecule has 0 aliphatic carbocycles. The van der Waals surface area contributed by atoms with Gasteiger partial charge in [-0.3, -0.25) is 0 Å². The van der Waals surface area contributed by atoms with Crippen LogP contribution in [0, 0.1) is 20.8 Å². The van der Waals surface area contributed by atoms with Gasteiger partial charge in [0, 0.05) is 0 Å². The molecule has 1 nitrogen and oxygen atoms in total. The van der Waals surface area contributed by atoms with Crippen molar-refractivity contribution in [3.05, 3.63) is 28.8 Å². The van der Waals surface area contributed by atoms with Crippen molar-refractivity contribution in [3.8, 4) is 5.75 Å². The Morgan fingerprint density at radius 3 is 2.12 bits per heavy atom. The third-order valence-electron chi connectivity index (χ3n) is 2.90. The van der Waals surface area contributed by atoms with Gasteiger partial charge in [-0.15, -0.1) is 0 Å². The summed E-state index contributed by atoms with van der Waals surface area (Å²) < 4.78 is 5.88. The molecule has 0 aromatic heterocycles. The molecular weight excluding hydrogens is 228 g/mol. The van der Waals surface area contributed by atoms with Gasteiger partial charge in [0.05, 0.1) is 6.61 Å². The number of rotatable bonds is 7. The van der Waals surface area contributed by atoms with Crippen LogP contribution in [0.1, 0.15) is 42.4 Å². The topological polar surface area (TPSA) is 9.23 Å². The van der Waals surface area contributed by atoms with Gasteiger partial charge < -0.3 is 4.74 Å². The van der Waals surface area contributed by atoms with E-state index in [1.807, 2.05) is 0 Å². The second-order valence-corrected chi connectivity index (χ2v) is 5.16. The summed E-state index contributed by atoms with van der Waals surface area (Å²) in [6.07, 6.45) is 4.86. The van der Waals surface area contributed by atoms with Crippen molar-refractivity contribution >= 4 is 12.6 Å². The molecule has 0 spiro atoms. The highest BCUT2D eigenvalue weighted by Gasteiger charge is 2.04. The molecule has 0 atom stereocenters. The van der Waals surface area contributed by atoms with E-state index in [-0.39, 0.29) is 0 Å². The minimum Gasteiger partial charge on any atom is -0.493 e. The molecular formula is C15H24OS. The SMILES string of the molecule is Cc1cc(C)c(OCCCCCCS)c(C)c1. The number of aryl methyl sites for hydroxylation is 3. The van der Waals surface area contributed by atoms with E-state index in [1.54, 1.807) is 0 Å². The van der Waals surface area contributed by atoms with Crippen molar-refractivity contribution in [1.29, 1.82) is 0 Å². The van der Waals surface area contributed by atoms with Gasteiger partial charge in [-0.25, -0.2) is 0 Å². The predicted molar refractivity (Wildman–Crippen MR) is 78.5 cm³/mol. The van der Waals surface area contributed by atoms with Crippen LogP contribution in [-0.4, -0.2) is 12.4 Å². The van der Waals surface area contributed by atoms with Crippen LogP contribution in [0.3, 0.4) is 0 Å². The Hall–Kier alpha value is -0.630. The number of ether oxygens (including phenoxy) is 1. The molecule has 0 saturated carbocycles. The highest BCUT2D eigenvalue weighted by atomic mass is 32.1. The standard InChI is InChI=1S/C15H24OS/c1-12-10-13(2)15(14(3)11-12)16-8-6-4-5-7-9-17/h10-11,17H,4-9H2,1-3H3. The molecule has 0 bridgehead atoms. The molecule has 17 heavy (non-hydrogen) atoms. The van der Waals surface area contributed by atoms with Crippen molar-refractivity contribution in [2.24, 2.45) is 0 Å². The predicted octanol–water partition coefficient (Wildman–Crippen LogP) is 4.48. The summed E-state index contributed by atoms with van der Waals surface area (Å²) in [7, 11) is 0. The largest absolute Gasteiger partial charge is 0.493 e. The van der Waals surface area contributed by atoms with E-state index < -0.39 is 0 Å². The molecule has 0 fully saturated rings. The lowest BCUT2D eigenvalue weighted by Crippen LogP contribution is -2.01. The van der Waals surface area contributed by atoms with Gasteiger partial charge in [0.25, 0.3) is 0 Å². The van der Waals surface area contributed by atoms with E-state index in [0.717, 1.165) is 24.5 Å². The molecule has 0 aliphatic rings. The highest BCUT2D eigenvalue weighted by Crippen LogP contribution is 2.24. The zero-order valence-electron chi connectivity index (χ0n) is 11.3. The highest BCUT2D eigenvalue weighted by molar-refractivity contribution is 7.80. The van der Waals surface area contributed by atoms with Gasteiger partial charge >= 0.3 is 0 Å². The van der Waals surface area contributed by atoms with Crippen LogP contribution in [-0.2, 0) is 0 Å². The van der Waals surface area contributed by atoms with E-state index in [1.165, 1.54) is 36.0 Å². The first kappa shape index (κ1) is 14.4. The number of hydrogen-bond donors (Lipinski definition) is 1. The maximum absolute atomic E-state index is 5.88. The zero-order valence-corrected chi connectivity index (χ0v) is 12.1. The maximum atomic E-state index is 5.88. The summed E-state index contributed by atoms with van der Waals surface area (Å²) in [5.41, 5.74) is 3.80. The summed E-state index contributed by atoms with van der Waals surface area (Å²) >= 11 is 4.21. The summed E-state index contributed by atoms with van der Waals surface area (Å²) in [5.74, 6) is 2.07. The number of benzene rings is 1. The van der Waals surface area contributed by atoms with Crippen LogP contribution in [0.4, 0.5) is 0 Å². The van der Waals surface area contributed by atoms with Gasteiger partial charge in [0.15, 0.2) is 0 Å². The minimum absolute atomic E-state index is 0.831.